The van der Waals surface area contributed by atoms with E-state index in [0.717, 1.165) is 31.9 Å². The maximum atomic E-state index is 4.14. The molecule has 0 atom stereocenters. The second-order valence-corrected chi connectivity index (χ2v) is 5.84. The van der Waals surface area contributed by atoms with Crippen LogP contribution < -0.4 is 0 Å². The molecule has 0 aromatic carbocycles. The van der Waals surface area contributed by atoms with Crippen LogP contribution in [0.1, 0.15) is 19.3 Å². The van der Waals surface area contributed by atoms with Gasteiger partial charge in [0.15, 0.2) is 0 Å². The highest BCUT2D eigenvalue weighted by Gasteiger charge is 2.41. The maximum Gasteiger partial charge on any atom is 0.108 e. The second-order valence-electron chi connectivity index (χ2n) is 5.84. The Balaban J connectivity index is 1.99. The molecule has 0 aliphatic carbocycles. The van der Waals surface area contributed by atoms with Gasteiger partial charge in [0.25, 0.3) is 0 Å². The first-order chi connectivity index (χ1) is 8.53. The van der Waals surface area contributed by atoms with Crippen molar-refractivity contribution in [1.29, 1.82) is 0 Å². The van der Waals surface area contributed by atoms with E-state index in [1.165, 1.54) is 19.3 Å². The SMILES string of the molecule is C=C(C#CC1(N(C)C)CN(C)C1)N1CCCCC1. The summed E-state index contributed by atoms with van der Waals surface area (Å²) in [5.41, 5.74) is 1.04. The van der Waals surface area contributed by atoms with E-state index in [2.05, 4.69) is 54.3 Å². The topological polar surface area (TPSA) is 9.72 Å². The number of hydrogen-bond acceptors (Lipinski definition) is 3. The Bertz CT molecular complexity index is 363. The molecule has 2 saturated heterocycles. The zero-order chi connectivity index (χ0) is 13.2. The van der Waals surface area contributed by atoms with Crippen molar-refractivity contribution in [3.05, 3.63) is 12.3 Å². The minimum Gasteiger partial charge on any atom is -0.365 e. The maximum absolute atomic E-state index is 4.14. The molecule has 0 saturated carbocycles. The third kappa shape index (κ3) is 2.71. The third-order valence-electron chi connectivity index (χ3n) is 4.10. The van der Waals surface area contributed by atoms with Gasteiger partial charge >= 0.3 is 0 Å². The van der Waals surface area contributed by atoms with E-state index in [0.29, 0.717) is 0 Å². The lowest BCUT2D eigenvalue weighted by atomic mass is 9.89. The van der Waals surface area contributed by atoms with E-state index >= 15 is 0 Å². The average molecular weight is 247 g/mol. The van der Waals surface area contributed by atoms with E-state index in [9.17, 15) is 0 Å². The van der Waals surface area contributed by atoms with Gasteiger partial charge in [0, 0.05) is 26.2 Å². The molecule has 0 radical (unpaired) electrons. The minimum atomic E-state index is 0.0352. The molecule has 100 valence electrons. The van der Waals surface area contributed by atoms with Gasteiger partial charge < -0.3 is 9.80 Å². The van der Waals surface area contributed by atoms with Crippen LogP contribution in [0.15, 0.2) is 12.3 Å². The molecule has 2 aliphatic heterocycles. The highest BCUT2D eigenvalue weighted by Crippen LogP contribution is 2.23. The molecule has 3 heteroatoms. The van der Waals surface area contributed by atoms with Gasteiger partial charge in [-0.3, -0.25) is 4.90 Å². The summed E-state index contributed by atoms with van der Waals surface area (Å²) in [5.74, 6) is 6.76. The fraction of sp³-hybridized carbons (Fsp3) is 0.733. The lowest BCUT2D eigenvalue weighted by Crippen LogP contribution is -2.66. The molecule has 0 unspecified atom stereocenters. The highest BCUT2D eigenvalue weighted by molar-refractivity contribution is 5.33. The van der Waals surface area contributed by atoms with Crippen molar-refractivity contribution in [1.82, 2.24) is 14.7 Å². The number of piperidine rings is 1. The van der Waals surface area contributed by atoms with Crippen molar-refractivity contribution in [3.63, 3.8) is 0 Å². The summed E-state index contributed by atoms with van der Waals surface area (Å²) < 4.78 is 0. The van der Waals surface area contributed by atoms with Crippen molar-refractivity contribution < 1.29 is 0 Å². The average Bonchev–Trinajstić information content (AvgIpc) is 2.33. The smallest absolute Gasteiger partial charge is 0.108 e. The molecular formula is C15H25N3. The minimum absolute atomic E-state index is 0.0352. The molecule has 2 rings (SSSR count). The van der Waals surface area contributed by atoms with Crippen LogP contribution >= 0.6 is 0 Å². The van der Waals surface area contributed by atoms with Gasteiger partial charge in [-0.15, -0.1) is 0 Å². The zero-order valence-electron chi connectivity index (χ0n) is 12.0. The molecule has 0 aromatic heterocycles. The van der Waals surface area contributed by atoms with Gasteiger partial charge in [0.05, 0.1) is 5.70 Å². The largest absolute Gasteiger partial charge is 0.365 e. The first-order valence-electron chi connectivity index (χ1n) is 6.86. The summed E-state index contributed by atoms with van der Waals surface area (Å²) in [6.45, 7) is 8.45. The van der Waals surface area contributed by atoms with Crippen LogP contribution in [-0.4, -0.2) is 67.6 Å². The number of hydrogen-bond donors (Lipinski definition) is 0. The molecular weight excluding hydrogens is 222 g/mol. The normalized spacial score (nSPS) is 23.2. The van der Waals surface area contributed by atoms with E-state index < -0.39 is 0 Å². The second kappa shape index (κ2) is 5.34. The Hall–Kier alpha value is -0.980. The van der Waals surface area contributed by atoms with E-state index in [-0.39, 0.29) is 5.54 Å². The summed E-state index contributed by atoms with van der Waals surface area (Å²) in [6, 6.07) is 0. The molecule has 2 aliphatic rings. The third-order valence-corrected chi connectivity index (χ3v) is 4.10. The standard InChI is InChI=1S/C15H25N3/c1-14(18-10-6-5-7-11-18)8-9-15(16(2)3)12-17(4)13-15/h1,5-7,10-13H2,2-4H3. The van der Waals surface area contributed by atoms with Gasteiger partial charge in [0.2, 0.25) is 0 Å². The summed E-state index contributed by atoms with van der Waals surface area (Å²) in [7, 11) is 6.37. The summed E-state index contributed by atoms with van der Waals surface area (Å²) in [4.78, 5) is 6.88. The molecule has 0 spiro atoms. The van der Waals surface area contributed by atoms with E-state index in [4.69, 9.17) is 0 Å². The van der Waals surface area contributed by atoms with Gasteiger partial charge in [0.1, 0.15) is 5.54 Å². The summed E-state index contributed by atoms with van der Waals surface area (Å²) >= 11 is 0. The number of nitrogens with zero attached hydrogens (tertiary/aromatic N) is 3. The van der Waals surface area contributed by atoms with Crippen LogP contribution in [0.3, 0.4) is 0 Å². The van der Waals surface area contributed by atoms with Crippen molar-refractivity contribution in [3.8, 4) is 11.8 Å². The molecule has 0 amide bonds. The Morgan fingerprint density at radius 3 is 2.28 bits per heavy atom. The number of likely N-dealkylation sites (N-methyl/N-ethyl adjacent to an activating group) is 2. The summed E-state index contributed by atoms with van der Waals surface area (Å²) in [5, 5.41) is 0. The lowest BCUT2D eigenvalue weighted by molar-refractivity contribution is 0.0329. The zero-order valence-corrected chi connectivity index (χ0v) is 12.0. The highest BCUT2D eigenvalue weighted by atomic mass is 15.3. The lowest BCUT2D eigenvalue weighted by Gasteiger charge is -2.49. The molecule has 0 N–H and O–H groups in total. The van der Waals surface area contributed by atoms with Gasteiger partial charge in [-0.1, -0.05) is 12.5 Å². The monoisotopic (exact) mass is 247 g/mol. The van der Waals surface area contributed by atoms with Gasteiger partial charge in [-0.05, 0) is 46.3 Å². The van der Waals surface area contributed by atoms with Gasteiger partial charge in [-0.25, -0.2) is 0 Å². The van der Waals surface area contributed by atoms with Gasteiger partial charge in [-0.2, -0.15) is 0 Å². The van der Waals surface area contributed by atoms with Crippen molar-refractivity contribution in [2.75, 3.05) is 47.3 Å². The van der Waals surface area contributed by atoms with Crippen molar-refractivity contribution >= 4 is 0 Å². The fourth-order valence-corrected chi connectivity index (χ4v) is 2.75. The summed E-state index contributed by atoms with van der Waals surface area (Å²) in [6.07, 6.45) is 3.91. The predicted octanol–water partition coefficient (Wildman–Crippen LogP) is 1.24. The number of allylic oxidation sites excluding steroid dienone is 1. The quantitative estimate of drug-likeness (QED) is 0.680. The molecule has 2 fully saturated rings. The Morgan fingerprint density at radius 2 is 1.78 bits per heavy atom. The van der Waals surface area contributed by atoms with Crippen LogP contribution in [0, 0.1) is 11.8 Å². The first-order valence-corrected chi connectivity index (χ1v) is 6.86. The Labute approximate surface area is 111 Å². The van der Waals surface area contributed by atoms with Crippen LogP contribution in [0.25, 0.3) is 0 Å². The van der Waals surface area contributed by atoms with Crippen LogP contribution in [0.2, 0.25) is 0 Å². The van der Waals surface area contributed by atoms with Crippen molar-refractivity contribution in [2.24, 2.45) is 0 Å². The Morgan fingerprint density at radius 1 is 1.17 bits per heavy atom. The van der Waals surface area contributed by atoms with Crippen LogP contribution in [-0.2, 0) is 0 Å². The number of likely N-dealkylation sites (tertiary alicyclic amines) is 2. The molecule has 0 aromatic rings. The van der Waals surface area contributed by atoms with E-state index in [1.807, 2.05) is 0 Å². The van der Waals surface area contributed by atoms with E-state index in [1.54, 1.807) is 0 Å². The first kappa shape index (κ1) is 13.5. The molecule has 18 heavy (non-hydrogen) atoms. The Kier molecular flexibility index (Phi) is 3.99. The number of rotatable bonds is 2. The van der Waals surface area contributed by atoms with Crippen molar-refractivity contribution in [2.45, 2.75) is 24.8 Å². The fourth-order valence-electron chi connectivity index (χ4n) is 2.75. The molecule has 3 nitrogen and oxygen atoms in total. The molecule has 0 bridgehead atoms. The molecule has 2 heterocycles. The van der Waals surface area contributed by atoms with Crippen LogP contribution in [0.4, 0.5) is 0 Å². The predicted molar refractivity (Wildman–Crippen MR) is 76.3 cm³/mol. The van der Waals surface area contributed by atoms with Crippen LogP contribution in [0.5, 0.6) is 0 Å².